The molecule has 11 heteroatoms. The number of nitrogens with one attached hydrogen (secondary N) is 2. The highest BCUT2D eigenvalue weighted by Crippen LogP contribution is 2.28. The predicted molar refractivity (Wildman–Crippen MR) is 128 cm³/mol. The van der Waals surface area contributed by atoms with Crippen LogP contribution in [0.3, 0.4) is 0 Å². The number of hydrogen-bond acceptors (Lipinski definition) is 7. The lowest BCUT2D eigenvalue weighted by Gasteiger charge is -2.07. The Morgan fingerprint density at radius 1 is 0.879 bits per heavy atom. The maximum Gasteiger partial charge on any atom is 0.269 e. The van der Waals surface area contributed by atoms with E-state index < -0.39 is 10.8 Å². The molecule has 164 valence electrons. The van der Waals surface area contributed by atoms with Gasteiger partial charge in [-0.2, -0.15) is 0 Å². The molecule has 1 aromatic heterocycles. The summed E-state index contributed by atoms with van der Waals surface area (Å²) in [5.41, 5.74) is 1.91. The number of carbonyl (C=O) groups is 2. The third-order valence-electron chi connectivity index (χ3n) is 4.46. The van der Waals surface area contributed by atoms with Crippen LogP contribution in [-0.2, 0) is 0 Å². The van der Waals surface area contributed by atoms with Crippen molar-refractivity contribution in [1.82, 2.24) is 10.2 Å². The largest absolute Gasteiger partial charge is 0.322 e. The zero-order valence-electron chi connectivity index (χ0n) is 16.7. The number of carbonyl (C=O) groups excluding carboxylic acids is 2. The zero-order valence-corrected chi connectivity index (χ0v) is 19.1. The normalized spacial score (nSPS) is 10.5. The molecule has 0 atom stereocenters. The van der Waals surface area contributed by atoms with Crippen LogP contribution in [0.2, 0.25) is 0 Å². The van der Waals surface area contributed by atoms with Crippen LogP contribution in [0.15, 0.2) is 77.3 Å². The molecule has 0 aliphatic rings. The summed E-state index contributed by atoms with van der Waals surface area (Å²) in [5, 5.41) is 25.0. The number of nitro benzene ring substituents is 1. The highest BCUT2D eigenvalue weighted by Gasteiger charge is 2.14. The zero-order chi connectivity index (χ0) is 23.4. The number of benzene rings is 3. The van der Waals surface area contributed by atoms with Gasteiger partial charge < -0.3 is 5.32 Å². The van der Waals surface area contributed by atoms with E-state index in [0.717, 1.165) is 15.8 Å². The molecule has 9 nitrogen and oxygen atoms in total. The summed E-state index contributed by atoms with van der Waals surface area (Å²) in [5.74, 6) is -0.710. The number of anilines is 2. The van der Waals surface area contributed by atoms with Gasteiger partial charge in [0.25, 0.3) is 17.5 Å². The number of rotatable bonds is 6. The monoisotopic (exact) mass is 523 g/mol. The Balaban J connectivity index is 1.43. The van der Waals surface area contributed by atoms with Crippen LogP contribution >= 0.6 is 27.3 Å². The fourth-order valence-corrected chi connectivity index (χ4v) is 3.84. The molecule has 0 bridgehead atoms. The molecule has 0 aliphatic heterocycles. The maximum atomic E-state index is 12.7. The number of non-ortho nitro benzene ring substituents is 1. The van der Waals surface area contributed by atoms with Crippen LogP contribution < -0.4 is 10.6 Å². The second-order valence-corrected chi connectivity index (χ2v) is 8.61. The summed E-state index contributed by atoms with van der Waals surface area (Å²) in [6, 6.07) is 19.3. The van der Waals surface area contributed by atoms with E-state index in [9.17, 15) is 19.7 Å². The third kappa shape index (κ3) is 5.45. The number of nitrogens with zero attached hydrogens (tertiary/aromatic N) is 3. The van der Waals surface area contributed by atoms with Crippen molar-refractivity contribution >= 4 is 55.6 Å². The molecule has 0 spiro atoms. The summed E-state index contributed by atoms with van der Waals surface area (Å²) < 4.78 is 0.867. The smallest absolute Gasteiger partial charge is 0.269 e. The number of hydrogen-bond donors (Lipinski definition) is 2. The second kappa shape index (κ2) is 9.67. The average Bonchev–Trinajstić information content (AvgIpc) is 3.28. The molecule has 0 saturated heterocycles. The van der Waals surface area contributed by atoms with Gasteiger partial charge in [0.15, 0.2) is 0 Å². The highest BCUT2D eigenvalue weighted by atomic mass is 79.9. The van der Waals surface area contributed by atoms with Gasteiger partial charge in [0.05, 0.1) is 4.92 Å². The van der Waals surface area contributed by atoms with Gasteiger partial charge in [-0.3, -0.25) is 25.0 Å². The van der Waals surface area contributed by atoms with E-state index in [1.165, 1.54) is 12.1 Å². The number of halogens is 1. The van der Waals surface area contributed by atoms with Crippen LogP contribution in [0.5, 0.6) is 0 Å². The van der Waals surface area contributed by atoms with Crippen LogP contribution in [0.4, 0.5) is 16.5 Å². The molecule has 0 fully saturated rings. The topological polar surface area (TPSA) is 127 Å². The van der Waals surface area contributed by atoms with E-state index in [1.54, 1.807) is 60.7 Å². The van der Waals surface area contributed by atoms with Crippen molar-refractivity contribution in [2.75, 3.05) is 10.6 Å². The molecule has 33 heavy (non-hydrogen) atoms. The summed E-state index contributed by atoms with van der Waals surface area (Å²) in [6.07, 6.45) is 0. The first kappa shape index (κ1) is 22.2. The Kier molecular flexibility index (Phi) is 6.52. The maximum absolute atomic E-state index is 12.7. The summed E-state index contributed by atoms with van der Waals surface area (Å²) in [4.78, 5) is 35.4. The minimum atomic E-state index is -0.481. The molecular formula is C22H14BrN5O4S. The van der Waals surface area contributed by atoms with E-state index >= 15 is 0 Å². The molecule has 3 aromatic carbocycles. The van der Waals surface area contributed by atoms with Crippen LogP contribution in [0.1, 0.15) is 20.7 Å². The predicted octanol–water partition coefficient (Wildman–Crippen LogP) is 5.38. The molecule has 0 unspecified atom stereocenters. The Hall–Kier alpha value is -3.96. The summed E-state index contributed by atoms with van der Waals surface area (Å²) in [7, 11) is 0. The van der Waals surface area contributed by atoms with E-state index in [1.807, 2.05) is 0 Å². The quantitative estimate of drug-likeness (QED) is 0.258. The van der Waals surface area contributed by atoms with E-state index in [-0.39, 0.29) is 16.7 Å². The van der Waals surface area contributed by atoms with E-state index in [4.69, 9.17) is 0 Å². The second-order valence-electron chi connectivity index (χ2n) is 6.71. The van der Waals surface area contributed by atoms with Crippen LogP contribution in [-0.4, -0.2) is 26.9 Å². The van der Waals surface area contributed by atoms with Gasteiger partial charge in [-0.25, -0.2) is 0 Å². The first-order valence-corrected chi connectivity index (χ1v) is 11.1. The van der Waals surface area contributed by atoms with Crippen molar-refractivity contribution in [2.24, 2.45) is 0 Å². The Morgan fingerprint density at radius 2 is 1.58 bits per heavy atom. The van der Waals surface area contributed by atoms with Crippen LogP contribution in [0.25, 0.3) is 10.6 Å². The van der Waals surface area contributed by atoms with Crippen molar-refractivity contribution < 1.29 is 14.5 Å². The van der Waals surface area contributed by atoms with Crippen molar-refractivity contribution in [1.29, 1.82) is 0 Å². The standard InChI is InChI=1S/C22H14BrN5O4S/c23-16-8-4-13(5-9-16)19(29)24-17-3-1-2-15(12-17)20(30)25-22-27-26-21(33-22)14-6-10-18(11-7-14)28(31)32/h1-12H,(H,24,29)(H,25,27,30). The molecule has 0 radical (unpaired) electrons. The molecule has 0 saturated carbocycles. The Bertz CT molecular complexity index is 1340. The van der Waals surface area contributed by atoms with Gasteiger partial charge in [0.1, 0.15) is 5.01 Å². The van der Waals surface area contributed by atoms with E-state index in [2.05, 4.69) is 36.8 Å². The number of aromatic nitrogens is 2. The third-order valence-corrected chi connectivity index (χ3v) is 5.88. The Labute approximate surface area is 199 Å². The van der Waals surface area contributed by atoms with Gasteiger partial charge in [0.2, 0.25) is 5.13 Å². The number of amides is 2. The van der Waals surface area contributed by atoms with Crippen LogP contribution in [0, 0.1) is 10.1 Å². The minimum Gasteiger partial charge on any atom is -0.322 e. The van der Waals surface area contributed by atoms with Gasteiger partial charge >= 0.3 is 0 Å². The lowest BCUT2D eigenvalue weighted by atomic mass is 10.1. The molecule has 1 heterocycles. The van der Waals surface area contributed by atoms with Crippen molar-refractivity contribution in [3.63, 3.8) is 0 Å². The lowest BCUT2D eigenvalue weighted by molar-refractivity contribution is -0.384. The summed E-state index contributed by atoms with van der Waals surface area (Å²) in [6.45, 7) is 0. The van der Waals surface area contributed by atoms with Crippen molar-refractivity contribution in [2.45, 2.75) is 0 Å². The molecule has 0 aliphatic carbocycles. The molecule has 4 rings (SSSR count). The first-order chi connectivity index (χ1) is 15.9. The Morgan fingerprint density at radius 3 is 2.27 bits per heavy atom. The molecule has 2 amide bonds. The lowest BCUT2D eigenvalue weighted by Crippen LogP contribution is -2.14. The van der Waals surface area contributed by atoms with Gasteiger partial charge in [-0.15, -0.1) is 10.2 Å². The van der Waals surface area contributed by atoms with Gasteiger partial charge in [-0.05, 0) is 54.6 Å². The number of nitro groups is 1. The SMILES string of the molecule is O=C(Nc1cccc(C(=O)Nc2nnc(-c3ccc([N+](=O)[O-])cc3)s2)c1)c1ccc(Br)cc1. The molecule has 2 N–H and O–H groups in total. The summed E-state index contributed by atoms with van der Waals surface area (Å²) >= 11 is 4.47. The fourth-order valence-electron chi connectivity index (χ4n) is 2.83. The molecular weight excluding hydrogens is 510 g/mol. The highest BCUT2D eigenvalue weighted by molar-refractivity contribution is 9.10. The minimum absolute atomic E-state index is 0.0242. The average molecular weight is 524 g/mol. The van der Waals surface area contributed by atoms with Gasteiger partial charge in [0, 0.05) is 39.0 Å². The van der Waals surface area contributed by atoms with Gasteiger partial charge in [-0.1, -0.05) is 33.3 Å². The fraction of sp³-hybridized carbons (Fsp3) is 0. The van der Waals surface area contributed by atoms with Crippen molar-refractivity contribution in [3.05, 3.63) is 98.5 Å². The molecule has 4 aromatic rings. The van der Waals surface area contributed by atoms with Crippen molar-refractivity contribution in [3.8, 4) is 10.6 Å². The first-order valence-electron chi connectivity index (χ1n) is 9.46. The van der Waals surface area contributed by atoms with E-state index in [0.29, 0.717) is 27.4 Å².